The van der Waals surface area contributed by atoms with Gasteiger partial charge in [0, 0.05) is 0 Å². The minimum Gasteiger partial charge on any atom is -0.0877 e. The van der Waals surface area contributed by atoms with E-state index in [-0.39, 0.29) is 0 Å². The molecule has 1 aromatic carbocycles. The molecule has 0 N–H and O–H groups in total. The van der Waals surface area contributed by atoms with Crippen molar-refractivity contribution in [2.75, 3.05) is 0 Å². The molecule has 0 fully saturated rings. The lowest BCUT2D eigenvalue weighted by molar-refractivity contribution is 1.39. The van der Waals surface area contributed by atoms with E-state index in [1.165, 1.54) is 5.56 Å². The van der Waals surface area contributed by atoms with E-state index < -0.39 is 0 Å². The quantitative estimate of drug-likeness (QED) is 0.614. The summed E-state index contributed by atoms with van der Waals surface area (Å²) < 4.78 is 0. The van der Waals surface area contributed by atoms with Gasteiger partial charge in [0.2, 0.25) is 0 Å². The lowest BCUT2D eigenvalue weighted by Crippen LogP contribution is -1.66. The molecule has 0 heterocycles. The first-order valence-electron chi connectivity index (χ1n) is 5.59. The van der Waals surface area contributed by atoms with Crippen LogP contribution in [0.3, 0.4) is 0 Å². The molecule has 0 bridgehead atoms. The van der Waals surface area contributed by atoms with Gasteiger partial charge in [-0.1, -0.05) is 78.9 Å². The largest absolute Gasteiger partial charge is 0.0877 e. The van der Waals surface area contributed by atoms with Crippen molar-refractivity contribution in [1.29, 1.82) is 0 Å². The second-order valence-corrected chi connectivity index (χ2v) is 3.39. The number of rotatable bonds is 5. The van der Waals surface area contributed by atoms with E-state index in [4.69, 9.17) is 0 Å². The van der Waals surface area contributed by atoms with E-state index in [0.717, 1.165) is 6.42 Å². The van der Waals surface area contributed by atoms with Gasteiger partial charge in [-0.2, -0.15) is 0 Å². The third-order valence-electron chi connectivity index (χ3n) is 2.05. The average molecular weight is 210 g/mol. The Balaban J connectivity index is 2.29. The van der Waals surface area contributed by atoms with Gasteiger partial charge < -0.3 is 0 Å². The van der Waals surface area contributed by atoms with Crippen molar-refractivity contribution in [1.82, 2.24) is 0 Å². The maximum absolute atomic E-state index is 2.14. The van der Waals surface area contributed by atoms with Crippen molar-refractivity contribution in [3.05, 3.63) is 78.4 Å². The van der Waals surface area contributed by atoms with Crippen molar-refractivity contribution >= 4 is 6.08 Å². The molecule has 82 valence electrons. The van der Waals surface area contributed by atoms with Crippen LogP contribution in [0.2, 0.25) is 0 Å². The van der Waals surface area contributed by atoms with Crippen LogP contribution in [-0.4, -0.2) is 0 Å². The zero-order valence-electron chi connectivity index (χ0n) is 9.71. The van der Waals surface area contributed by atoms with Gasteiger partial charge in [-0.3, -0.25) is 0 Å². The van der Waals surface area contributed by atoms with Crippen LogP contribution >= 0.6 is 0 Å². The van der Waals surface area contributed by atoms with Crippen LogP contribution in [0.15, 0.2) is 72.9 Å². The molecule has 1 rings (SSSR count). The van der Waals surface area contributed by atoms with Gasteiger partial charge in [-0.05, 0) is 18.9 Å². The summed E-state index contributed by atoms with van der Waals surface area (Å²) in [7, 11) is 0. The highest BCUT2D eigenvalue weighted by molar-refractivity contribution is 5.50. The lowest BCUT2D eigenvalue weighted by Gasteiger charge is -1.88. The maximum Gasteiger partial charge on any atom is -0.0163 e. The fourth-order valence-corrected chi connectivity index (χ4v) is 1.23. The molecule has 0 nitrogen and oxygen atoms in total. The van der Waals surface area contributed by atoms with Crippen LogP contribution in [0.25, 0.3) is 6.08 Å². The van der Waals surface area contributed by atoms with Crippen molar-refractivity contribution in [3.8, 4) is 0 Å². The topological polar surface area (TPSA) is 0 Å². The van der Waals surface area contributed by atoms with Gasteiger partial charge in [0.05, 0.1) is 0 Å². The average Bonchev–Trinajstić information content (AvgIpc) is 2.34. The van der Waals surface area contributed by atoms with Crippen LogP contribution in [-0.2, 0) is 0 Å². The summed E-state index contributed by atoms with van der Waals surface area (Å²) in [6.07, 6.45) is 17.6. The van der Waals surface area contributed by atoms with Gasteiger partial charge in [-0.15, -0.1) is 0 Å². The molecule has 0 aromatic heterocycles. The zero-order valence-corrected chi connectivity index (χ0v) is 9.71. The summed E-state index contributed by atoms with van der Waals surface area (Å²) in [6.45, 7) is 2.02. The summed E-state index contributed by atoms with van der Waals surface area (Å²) in [5.41, 5.74) is 1.23. The molecular weight excluding hydrogens is 192 g/mol. The second kappa shape index (κ2) is 8.49. The fourth-order valence-electron chi connectivity index (χ4n) is 1.23. The maximum atomic E-state index is 2.14. The van der Waals surface area contributed by atoms with Crippen LogP contribution in [0.4, 0.5) is 0 Å². The predicted octanol–water partition coefficient (Wildman–Crippen LogP) is 4.78. The summed E-state index contributed by atoms with van der Waals surface area (Å²) >= 11 is 0. The monoisotopic (exact) mass is 210 g/mol. The Bertz CT molecular complexity index is 378. The number of hydrogen-bond donors (Lipinski definition) is 0. The standard InChI is InChI=1S/C16H18/c1-2-3-4-5-6-7-8-10-13-16-14-11-9-12-15-16/h2-5,7-15H,6H2,1H3/b3-2+,5-4+,8-7+,13-10+. The molecule has 0 saturated carbocycles. The third-order valence-corrected chi connectivity index (χ3v) is 2.05. The molecular formula is C16H18. The van der Waals surface area contributed by atoms with Crippen LogP contribution in [0.5, 0.6) is 0 Å². The summed E-state index contributed by atoms with van der Waals surface area (Å²) in [4.78, 5) is 0. The molecule has 0 saturated heterocycles. The molecule has 1 aromatic rings. The smallest absolute Gasteiger partial charge is 0.0163 e. The Morgan fingerprint density at radius 2 is 1.56 bits per heavy atom. The van der Waals surface area contributed by atoms with Crippen LogP contribution < -0.4 is 0 Å². The highest BCUT2D eigenvalue weighted by Crippen LogP contribution is 2.00. The fraction of sp³-hybridized carbons (Fsp3) is 0.125. The molecule has 0 heteroatoms. The van der Waals surface area contributed by atoms with Crippen molar-refractivity contribution in [3.63, 3.8) is 0 Å². The molecule has 0 atom stereocenters. The van der Waals surface area contributed by atoms with E-state index in [9.17, 15) is 0 Å². The van der Waals surface area contributed by atoms with E-state index in [1.807, 2.05) is 37.3 Å². The van der Waals surface area contributed by atoms with E-state index in [0.29, 0.717) is 0 Å². The molecule has 0 amide bonds. The summed E-state index contributed by atoms with van der Waals surface area (Å²) in [5.74, 6) is 0. The summed E-state index contributed by atoms with van der Waals surface area (Å²) in [5, 5.41) is 0. The van der Waals surface area contributed by atoms with Gasteiger partial charge >= 0.3 is 0 Å². The number of allylic oxidation sites excluding steroid dienone is 7. The highest BCUT2D eigenvalue weighted by Gasteiger charge is 1.79. The number of benzene rings is 1. The van der Waals surface area contributed by atoms with Gasteiger partial charge in [0.25, 0.3) is 0 Å². The van der Waals surface area contributed by atoms with Gasteiger partial charge in [0.1, 0.15) is 0 Å². The minimum absolute atomic E-state index is 0.976. The molecule has 16 heavy (non-hydrogen) atoms. The van der Waals surface area contributed by atoms with Crippen molar-refractivity contribution < 1.29 is 0 Å². The zero-order chi connectivity index (χ0) is 11.5. The van der Waals surface area contributed by atoms with E-state index in [2.05, 4.69) is 48.6 Å². The second-order valence-electron chi connectivity index (χ2n) is 3.39. The molecule has 0 unspecified atom stereocenters. The Labute approximate surface area is 98.3 Å². The van der Waals surface area contributed by atoms with E-state index >= 15 is 0 Å². The minimum atomic E-state index is 0.976. The highest BCUT2D eigenvalue weighted by atomic mass is 13.8. The van der Waals surface area contributed by atoms with Crippen molar-refractivity contribution in [2.24, 2.45) is 0 Å². The molecule has 0 radical (unpaired) electrons. The van der Waals surface area contributed by atoms with Gasteiger partial charge in [-0.25, -0.2) is 0 Å². The molecule has 0 aliphatic rings. The number of hydrogen-bond acceptors (Lipinski definition) is 0. The first-order chi connectivity index (χ1) is 7.93. The first-order valence-corrected chi connectivity index (χ1v) is 5.59. The van der Waals surface area contributed by atoms with E-state index in [1.54, 1.807) is 0 Å². The Morgan fingerprint density at radius 1 is 0.875 bits per heavy atom. The van der Waals surface area contributed by atoms with Crippen molar-refractivity contribution in [2.45, 2.75) is 13.3 Å². The van der Waals surface area contributed by atoms with Gasteiger partial charge in [0.15, 0.2) is 0 Å². The normalized spacial score (nSPS) is 12.6. The summed E-state index contributed by atoms with van der Waals surface area (Å²) in [6, 6.07) is 10.3. The van der Waals surface area contributed by atoms with Crippen LogP contribution in [0, 0.1) is 0 Å². The Morgan fingerprint density at radius 3 is 2.25 bits per heavy atom. The molecule has 0 aliphatic heterocycles. The lowest BCUT2D eigenvalue weighted by atomic mass is 10.2. The SMILES string of the molecule is C/C=C/C=C/C/C=C/C=C/c1ccccc1. The molecule has 0 aliphatic carbocycles. The Hall–Kier alpha value is -1.82. The third kappa shape index (κ3) is 5.82. The first kappa shape index (κ1) is 12.3. The Kier molecular flexibility index (Phi) is 6.50. The predicted molar refractivity (Wildman–Crippen MR) is 73.2 cm³/mol. The molecule has 0 spiro atoms. The van der Waals surface area contributed by atoms with Crippen LogP contribution in [0.1, 0.15) is 18.9 Å².